The first kappa shape index (κ1) is 10.6. The minimum atomic E-state index is -0.512. The van der Waals surface area contributed by atoms with Crippen molar-refractivity contribution in [2.24, 2.45) is 0 Å². The molecule has 0 saturated heterocycles. The van der Waals surface area contributed by atoms with E-state index in [0.717, 1.165) is 5.56 Å². The van der Waals surface area contributed by atoms with Crippen LogP contribution in [0.15, 0.2) is 23.9 Å². The van der Waals surface area contributed by atoms with Crippen molar-refractivity contribution < 1.29 is 9.18 Å². The van der Waals surface area contributed by atoms with E-state index in [1.165, 1.54) is 12.3 Å². The van der Waals surface area contributed by atoms with Crippen LogP contribution in [0.2, 0.25) is 0 Å². The molecule has 0 bridgehead atoms. The van der Waals surface area contributed by atoms with Crippen molar-refractivity contribution in [2.75, 3.05) is 0 Å². The Hall–Kier alpha value is -1.51. The quantitative estimate of drug-likeness (QED) is 0.545. The fourth-order valence-electron chi connectivity index (χ4n) is 1.08. The zero-order valence-electron chi connectivity index (χ0n) is 8.25. The lowest BCUT2D eigenvalue weighted by Gasteiger charge is -1.97. The van der Waals surface area contributed by atoms with Crippen LogP contribution in [0.1, 0.15) is 25.8 Å². The average molecular weight is 193 g/mol. The molecule has 1 aromatic heterocycles. The Morgan fingerprint density at radius 1 is 1.57 bits per heavy atom. The van der Waals surface area contributed by atoms with Crippen molar-refractivity contribution in [1.82, 2.24) is 4.98 Å². The van der Waals surface area contributed by atoms with Crippen molar-refractivity contribution in [3.63, 3.8) is 0 Å². The molecule has 1 rings (SSSR count). The van der Waals surface area contributed by atoms with Gasteiger partial charge in [-0.2, -0.15) is 4.39 Å². The first-order chi connectivity index (χ1) is 6.63. The molecule has 0 amide bonds. The maximum absolute atomic E-state index is 12.5. The van der Waals surface area contributed by atoms with Gasteiger partial charge in [0.1, 0.15) is 0 Å². The van der Waals surface area contributed by atoms with Gasteiger partial charge < -0.3 is 0 Å². The predicted molar refractivity (Wildman–Crippen MR) is 53.1 cm³/mol. The minimum absolute atomic E-state index is 0.0920. The van der Waals surface area contributed by atoms with Crippen LogP contribution < -0.4 is 0 Å². The molecule has 1 heterocycles. The largest absolute Gasteiger partial charge is 0.295 e. The maximum Gasteiger partial charge on any atom is 0.212 e. The van der Waals surface area contributed by atoms with E-state index in [-0.39, 0.29) is 5.78 Å². The molecule has 0 fully saturated rings. The van der Waals surface area contributed by atoms with E-state index in [1.54, 1.807) is 19.1 Å². The normalized spacial score (nSPS) is 11.5. The third kappa shape index (κ3) is 2.76. The number of aromatic nitrogens is 1. The lowest BCUT2D eigenvalue weighted by Crippen LogP contribution is -1.96. The molecule has 0 aliphatic rings. The van der Waals surface area contributed by atoms with Gasteiger partial charge >= 0.3 is 0 Å². The van der Waals surface area contributed by atoms with Crippen LogP contribution in [0.25, 0.3) is 6.08 Å². The highest BCUT2D eigenvalue weighted by Gasteiger charge is 2.00. The monoisotopic (exact) mass is 193 g/mol. The molecule has 0 N–H and O–H groups in total. The highest BCUT2D eigenvalue weighted by atomic mass is 19.1. The van der Waals surface area contributed by atoms with Crippen LogP contribution in [0.4, 0.5) is 4.39 Å². The van der Waals surface area contributed by atoms with Crippen LogP contribution >= 0.6 is 0 Å². The third-order valence-electron chi connectivity index (χ3n) is 1.89. The van der Waals surface area contributed by atoms with Gasteiger partial charge in [-0.3, -0.25) is 4.79 Å². The number of ketones is 1. The summed E-state index contributed by atoms with van der Waals surface area (Å²) in [5.41, 5.74) is 1.41. The molecule has 0 aliphatic heterocycles. The van der Waals surface area contributed by atoms with E-state index in [4.69, 9.17) is 0 Å². The van der Waals surface area contributed by atoms with Crippen LogP contribution in [0.5, 0.6) is 0 Å². The fourth-order valence-corrected chi connectivity index (χ4v) is 1.08. The SMILES string of the molecule is CCC(=O)C(C)=Cc1ccc(F)nc1. The highest BCUT2D eigenvalue weighted by molar-refractivity contribution is 5.98. The second-order valence-electron chi connectivity index (χ2n) is 3.02. The maximum atomic E-state index is 12.5. The van der Waals surface area contributed by atoms with Crippen LogP contribution in [-0.4, -0.2) is 10.8 Å². The van der Waals surface area contributed by atoms with E-state index in [0.29, 0.717) is 12.0 Å². The van der Waals surface area contributed by atoms with E-state index in [2.05, 4.69) is 4.98 Å². The Labute approximate surface area is 82.5 Å². The van der Waals surface area contributed by atoms with E-state index < -0.39 is 5.95 Å². The topological polar surface area (TPSA) is 30.0 Å². The van der Waals surface area contributed by atoms with E-state index >= 15 is 0 Å². The molecule has 0 aliphatic carbocycles. The molecule has 0 spiro atoms. The Morgan fingerprint density at radius 3 is 2.79 bits per heavy atom. The predicted octanol–water partition coefficient (Wildman–Crippen LogP) is 2.60. The first-order valence-corrected chi connectivity index (χ1v) is 4.46. The number of pyridine rings is 1. The summed E-state index contributed by atoms with van der Waals surface area (Å²) in [4.78, 5) is 14.7. The summed E-state index contributed by atoms with van der Waals surface area (Å²) in [6.07, 6.45) is 3.59. The van der Waals surface area contributed by atoms with Gasteiger partial charge in [0.2, 0.25) is 5.95 Å². The van der Waals surface area contributed by atoms with Crippen LogP contribution in [0, 0.1) is 5.95 Å². The number of rotatable bonds is 3. The van der Waals surface area contributed by atoms with Gasteiger partial charge in [0.25, 0.3) is 0 Å². The number of nitrogens with zero attached hydrogens (tertiary/aromatic N) is 1. The van der Waals surface area contributed by atoms with Crippen molar-refractivity contribution in [2.45, 2.75) is 20.3 Å². The van der Waals surface area contributed by atoms with Gasteiger partial charge in [-0.25, -0.2) is 4.98 Å². The van der Waals surface area contributed by atoms with Gasteiger partial charge in [0.15, 0.2) is 5.78 Å². The molecule has 0 atom stereocenters. The molecule has 0 unspecified atom stereocenters. The highest BCUT2D eigenvalue weighted by Crippen LogP contribution is 2.07. The lowest BCUT2D eigenvalue weighted by molar-refractivity contribution is -0.115. The molecular formula is C11H12FNO. The van der Waals surface area contributed by atoms with Crippen LogP contribution in [-0.2, 0) is 4.79 Å². The zero-order chi connectivity index (χ0) is 10.6. The number of halogens is 1. The van der Waals surface area contributed by atoms with Crippen LogP contribution in [0.3, 0.4) is 0 Å². The number of allylic oxidation sites excluding steroid dienone is 1. The molecule has 0 radical (unpaired) electrons. The molecule has 14 heavy (non-hydrogen) atoms. The average Bonchev–Trinajstić information content (AvgIpc) is 2.20. The summed E-state index contributed by atoms with van der Waals surface area (Å²) in [5.74, 6) is -0.420. The second kappa shape index (κ2) is 4.65. The van der Waals surface area contributed by atoms with Gasteiger partial charge in [-0.1, -0.05) is 6.92 Å². The minimum Gasteiger partial charge on any atom is -0.295 e. The number of carbonyl (C=O) groups is 1. The summed E-state index contributed by atoms with van der Waals surface area (Å²) < 4.78 is 12.5. The molecule has 0 aromatic carbocycles. The summed E-state index contributed by atoms with van der Waals surface area (Å²) >= 11 is 0. The number of hydrogen-bond donors (Lipinski definition) is 0. The third-order valence-corrected chi connectivity index (χ3v) is 1.89. The van der Waals surface area contributed by atoms with Crippen molar-refractivity contribution in [3.8, 4) is 0 Å². The fraction of sp³-hybridized carbons (Fsp3) is 0.273. The van der Waals surface area contributed by atoms with Crippen molar-refractivity contribution >= 4 is 11.9 Å². The Kier molecular flexibility index (Phi) is 3.51. The van der Waals surface area contributed by atoms with Gasteiger partial charge in [0, 0.05) is 12.6 Å². The summed E-state index contributed by atoms with van der Waals surface area (Å²) in [5, 5.41) is 0. The summed E-state index contributed by atoms with van der Waals surface area (Å²) in [7, 11) is 0. The first-order valence-electron chi connectivity index (χ1n) is 4.46. The molecule has 2 nitrogen and oxygen atoms in total. The zero-order valence-corrected chi connectivity index (χ0v) is 8.25. The molecule has 0 saturated carbocycles. The molecular weight excluding hydrogens is 181 g/mol. The number of carbonyl (C=O) groups excluding carboxylic acids is 1. The van der Waals surface area contributed by atoms with E-state index in [9.17, 15) is 9.18 Å². The smallest absolute Gasteiger partial charge is 0.212 e. The number of hydrogen-bond acceptors (Lipinski definition) is 2. The van der Waals surface area contributed by atoms with Gasteiger partial charge in [-0.15, -0.1) is 0 Å². The number of Topliss-reactive ketones (excluding diaryl/α,β-unsaturated/α-hetero) is 1. The standard InChI is InChI=1S/C11H12FNO/c1-3-10(14)8(2)6-9-4-5-11(12)13-7-9/h4-7H,3H2,1-2H3. The Balaban J connectivity index is 2.86. The van der Waals surface area contributed by atoms with E-state index in [1.807, 2.05) is 6.92 Å². The van der Waals surface area contributed by atoms with Crippen molar-refractivity contribution in [3.05, 3.63) is 35.4 Å². The van der Waals surface area contributed by atoms with Gasteiger partial charge in [0.05, 0.1) is 0 Å². The Morgan fingerprint density at radius 2 is 2.29 bits per heavy atom. The molecule has 1 aromatic rings. The molecule has 3 heteroatoms. The Bertz CT molecular complexity index is 354. The molecule has 74 valence electrons. The summed E-state index contributed by atoms with van der Waals surface area (Å²) in [6.45, 7) is 3.55. The second-order valence-corrected chi connectivity index (χ2v) is 3.02. The van der Waals surface area contributed by atoms with Gasteiger partial charge in [-0.05, 0) is 36.3 Å². The lowest BCUT2D eigenvalue weighted by atomic mass is 10.1. The summed E-state index contributed by atoms with van der Waals surface area (Å²) in [6, 6.07) is 2.87. The van der Waals surface area contributed by atoms with Crippen molar-refractivity contribution in [1.29, 1.82) is 0 Å².